The summed E-state index contributed by atoms with van der Waals surface area (Å²) in [5, 5.41) is 0. The fourth-order valence-electron chi connectivity index (χ4n) is 2.66. The van der Waals surface area contributed by atoms with E-state index in [9.17, 15) is 9.59 Å². The molecule has 0 aromatic rings. The van der Waals surface area contributed by atoms with Gasteiger partial charge in [-0.3, -0.25) is 9.59 Å². The lowest BCUT2D eigenvalue weighted by molar-refractivity contribution is -0.143. The Bertz CT molecular complexity index is 585. The van der Waals surface area contributed by atoms with Crippen LogP contribution in [0.4, 0.5) is 0 Å². The lowest BCUT2D eigenvalue weighted by Crippen LogP contribution is -2.48. The molecule has 188 valence electrons. The molecular formula is C20H40O10Si2. The minimum absolute atomic E-state index is 0.00304. The number of carbonyl (C=O) groups is 2. The summed E-state index contributed by atoms with van der Waals surface area (Å²) in [6.45, 7) is 6.27. The van der Waals surface area contributed by atoms with Crippen LogP contribution in [-0.4, -0.2) is 84.7 Å². The van der Waals surface area contributed by atoms with Gasteiger partial charge in [-0.25, -0.2) is 0 Å². The third-order valence-corrected chi connectivity index (χ3v) is 10.0. The maximum atomic E-state index is 12.5. The molecule has 0 aliphatic rings. The molecule has 0 radical (unpaired) electrons. The molecule has 0 saturated heterocycles. The van der Waals surface area contributed by atoms with E-state index >= 15 is 0 Å². The molecule has 0 heterocycles. The van der Waals surface area contributed by atoms with Crippen LogP contribution >= 0.6 is 0 Å². The number of rotatable bonds is 17. The van der Waals surface area contributed by atoms with Crippen LogP contribution < -0.4 is 0 Å². The zero-order chi connectivity index (χ0) is 24.8. The molecule has 0 bridgehead atoms. The normalized spacial score (nSPS) is 13.2. The van der Waals surface area contributed by atoms with Crippen molar-refractivity contribution in [3.63, 3.8) is 0 Å². The van der Waals surface area contributed by atoms with E-state index in [0.29, 0.717) is 6.42 Å². The number of carbonyl (C=O) groups excluding carboxylic acids is 2. The smallest absolute Gasteiger partial charge is 0.461 e. The summed E-state index contributed by atoms with van der Waals surface area (Å²) < 4.78 is 42.1. The lowest BCUT2D eigenvalue weighted by Gasteiger charge is -2.25. The third-order valence-electron chi connectivity index (χ3n) is 5.28. The fourth-order valence-corrected chi connectivity index (χ4v) is 5.04. The number of hydrogen-bond acceptors (Lipinski definition) is 10. The van der Waals surface area contributed by atoms with Crippen LogP contribution in [0.2, 0.25) is 0 Å². The summed E-state index contributed by atoms with van der Waals surface area (Å²) in [7, 11) is 2.62. The van der Waals surface area contributed by atoms with Crippen molar-refractivity contribution < 1.29 is 45.6 Å². The number of esters is 2. The maximum absolute atomic E-state index is 12.5. The van der Waals surface area contributed by atoms with E-state index in [1.807, 2.05) is 0 Å². The summed E-state index contributed by atoms with van der Waals surface area (Å²) in [6.07, 6.45) is 3.07. The Labute approximate surface area is 194 Å². The van der Waals surface area contributed by atoms with Gasteiger partial charge in [-0.1, -0.05) is 38.8 Å². The number of hydrogen-bond donors (Lipinski definition) is 0. The van der Waals surface area contributed by atoms with Gasteiger partial charge in [0.1, 0.15) is 0 Å². The third kappa shape index (κ3) is 10.7. The first-order valence-corrected chi connectivity index (χ1v) is 14.2. The molecule has 0 aliphatic heterocycles. The minimum atomic E-state index is -3.03. The van der Waals surface area contributed by atoms with Crippen molar-refractivity contribution in [2.75, 3.05) is 55.1 Å². The van der Waals surface area contributed by atoms with E-state index in [4.69, 9.17) is 36.0 Å². The summed E-state index contributed by atoms with van der Waals surface area (Å²) >= 11 is 0. The quantitative estimate of drug-likeness (QED) is 0.169. The second-order valence-corrected chi connectivity index (χ2v) is 13.6. The van der Waals surface area contributed by atoms with Crippen molar-refractivity contribution >= 4 is 29.5 Å². The van der Waals surface area contributed by atoms with Gasteiger partial charge in [-0.15, -0.1) is 0 Å². The van der Waals surface area contributed by atoms with E-state index in [2.05, 4.69) is 20.8 Å². The van der Waals surface area contributed by atoms with Crippen LogP contribution in [-0.2, 0) is 45.6 Å². The van der Waals surface area contributed by atoms with Gasteiger partial charge in [0.25, 0.3) is 0 Å². The van der Waals surface area contributed by atoms with Crippen molar-refractivity contribution in [1.29, 1.82) is 0 Å². The molecule has 0 fully saturated rings. The Morgan fingerprint density at radius 3 is 1.53 bits per heavy atom. The molecule has 0 amide bonds. The van der Waals surface area contributed by atoms with Crippen LogP contribution in [0.1, 0.15) is 46.5 Å². The van der Waals surface area contributed by atoms with E-state index in [1.54, 1.807) is 6.08 Å². The molecule has 0 saturated carbocycles. The van der Waals surface area contributed by atoms with Crippen molar-refractivity contribution in [3.8, 4) is 0 Å². The first-order valence-electron chi connectivity index (χ1n) is 10.3. The minimum Gasteiger partial charge on any atom is -0.461 e. The predicted octanol–water partition coefficient (Wildman–Crippen LogP) is 2.44. The first-order chi connectivity index (χ1) is 15.0. The van der Waals surface area contributed by atoms with E-state index in [-0.39, 0.29) is 30.7 Å². The number of ether oxygens (including phenoxy) is 2. The maximum Gasteiger partial charge on any atom is 0.539 e. The van der Waals surface area contributed by atoms with E-state index < -0.39 is 29.5 Å². The van der Waals surface area contributed by atoms with Gasteiger partial charge in [0.15, 0.2) is 12.5 Å². The second kappa shape index (κ2) is 14.9. The summed E-state index contributed by atoms with van der Waals surface area (Å²) in [5.41, 5.74) is 0.733. The molecular weight excluding hydrogens is 456 g/mol. The SMILES string of the molecule is CCC(C)(C)C/C(=C/CC(=O)OC[Si](OC)(OC)OC)CC(=O)OC[Si](OC)(OC)OC. The van der Waals surface area contributed by atoms with Crippen molar-refractivity contribution in [2.45, 2.75) is 46.5 Å². The van der Waals surface area contributed by atoms with Gasteiger partial charge < -0.3 is 36.0 Å². The molecule has 0 aromatic heterocycles. The van der Waals surface area contributed by atoms with Crippen molar-refractivity contribution in [2.24, 2.45) is 5.41 Å². The van der Waals surface area contributed by atoms with Gasteiger partial charge in [0.2, 0.25) is 0 Å². The fraction of sp³-hybridized carbons (Fsp3) is 0.800. The summed E-state index contributed by atoms with van der Waals surface area (Å²) in [5.74, 6) is -0.929. The Balaban J connectivity index is 5.16. The van der Waals surface area contributed by atoms with Crippen LogP contribution in [0.3, 0.4) is 0 Å². The topological polar surface area (TPSA) is 108 Å². The standard InChI is InChI=1S/C20H40O10Si2/c1-10-20(2,3)14-17(13-19(22)30-16-32(26-7,27-8)28-9)11-12-18(21)29-15-31(23-4,24-5)25-6/h11H,10,12-16H2,1-9H3/b17-11+. The Morgan fingerprint density at radius 1 is 0.750 bits per heavy atom. The molecule has 12 heteroatoms. The Morgan fingerprint density at radius 2 is 1.16 bits per heavy atom. The molecule has 32 heavy (non-hydrogen) atoms. The molecule has 0 N–H and O–H groups in total. The molecule has 0 aliphatic carbocycles. The van der Waals surface area contributed by atoms with Crippen LogP contribution in [0.25, 0.3) is 0 Å². The average molecular weight is 497 g/mol. The zero-order valence-electron chi connectivity index (χ0n) is 20.9. The molecule has 0 atom stereocenters. The molecule has 0 spiro atoms. The van der Waals surface area contributed by atoms with Crippen molar-refractivity contribution in [1.82, 2.24) is 0 Å². The van der Waals surface area contributed by atoms with E-state index in [1.165, 1.54) is 42.7 Å². The summed E-state index contributed by atoms with van der Waals surface area (Å²) in [6, 6.07) is 0. The largest absolute Gasteiger partial charge is 0.539 e. The monoisotopic (exact) mass is 496 g/mol. The second-order valence-electron chi connectivity index (χ2n) is 7.85. The van der Waals surface area contributed by atoms with Gasteiger partial charge in [0.05, 0.1) is 12.8 Å². The van der Waals surface area contributed by atoms with Gasteiger partial charge in [0, 0.05) is 42.7 Å². The van der Waals surface area contributed by atoms with E-state index in [0.717, 1.165) is 12.0 Å². The van der Waals surface area contributed by atoms with Crippen molar-refractivity contribution in [3.05, 3.63) is 11.6 Å². The predicted molar refractivity (Wildman–Crippen MR) is 121 cm³/mol. The lowest BCUT2D eigenvalue weighted by atomic mass is 9.82. The average Bonchev–Trinajstić information content (AvgIpc) is 2.80. The Kier molecular flexibility index (Phi) is 14.4. The van der Waals surface area contributed by atoms with Gasteiger partial charge in [-0.05, 0) is 11.8 Å². The zero-order valence-corrected chi connectivity index (χ0v) is 22.9. The summed E-state index contributed by atoms with van der Waals surface area (Å²) in [4.78, 5) is 24.7. The van der Waals surface area contributed by atoms with Gasteiger partial charge in [-0.2, -0.15) is 0 Å². The van der Waals surface area contributed by atoms with Crippen LogP contribution in [0.5, 0.6) is 0 Å². The van der Waals surface area contributed by atoms with Crippen LogP contribution in [0, 0.1) is 5.41 Å². The highest BCUT2D eigenvalue weighted by Gasteiger charge is 2.41. The molecule has 0 aromatic carbocycles. The molecule has 0 rings (SSSR count). The Hall–Kier alpha value is -1.13. The molecule has 0 unspecified atom stereocenters. The molecule has 10 nitrogen and oxygen atoms in total. The van der Waals surface area contributed by atoms with Gasteiger partial charge >= 0.3 is 29.5 Å². The van der Waals surface area contributed by atoms with Crippen LogP contribution in [0.15, 0.2) is 11.6 Å². The highest BCUT2D eigenvalue weighted by atomic mass is 28.4. The highest BCUT2D eigenvalue weighted by molar-refractivity contribution is 6.61. The highest BCUT2D eigenvalue weighted by Crippen LogP contribution is 2.30. The first kappa shape index (κ1) is 30.9.